The standard InChI is InChI=1S/C11H15F3/c1-8(2)10-5-3-9(4-6-10)7-11(12,13)14/h3H,4-7H2,1-2H3. The predicted octanol–water partition coefficient (Wildman–Crippen LogP) is 4.39. The largest absolute Gasteiger partial charge is 0.392 e. The summed E-state index contributed by atoms with van der Waals surface area (Å²) in [5.74, 6) is 0. The number of halogens is 3. The van der Waals surface area contributed by atoms with Crippen LogP contribution < -0.4 is 0 Å². The highest BCUT2D eigenvalue weighted by Crippen LogP contribution is 2.32. The summed E-state index contributed by atoms with van der Waals surface area (Å²) in [4.78, 5) is 0. The number of hydrogen-bond acceptors (Lipinski definition) is 0. The predicted molar refractivity (Wildman–Crippen MR) is 51.0 cm³/mol. The second-order valence-corrected chi connectivity index (χ2v) is 3.96. The fourth-order valence-electron chi connectivity index (χ4n) is 1.66. The zero-order valence-electron chi connectivity index (χ0n) is 8.54. The molecular formula is C11H15F3. The van der Waals surface area contributed by atoms with E-state index in [-0.39, 0.29) is 0 Å². The van der Waals surface area contributed by atoms with Gasteiger partial charge in [0.15, 0.2) is 0 Å². The molecule has 0 unspecified atom stereocenters. The Morgan fingerprint density at radius 1 is 1.29 bits per heavy atom. The van der Waals surface area contributed by atoms with Crippen LogP contribution in [0, 0.1) is 0 Å². The summed E-state index contributed by atoms with van der Waals surface area (Å²) in [6.45, 7) is 4.02. The van der Waals surface area contributed by atoms with E-state index in [2.05, 4.69) is 0 Å². The van der Waals surface area contributed by atoms with Crippen LogP contribution in [0.3, 0.4) is 0 Å². The summed E-state index contributed by atoms with van der Waals surface area (Å²) < 4.78 is 36.1. The molecule has 3 heteroatoms. The van der Waals surface area contributed by atoms with Gasteiger partial charge in [0, 0.05) is 0 Å². The molecule has 0 aromatic rings. The maximum atomic E-state index is 12.0. The van der Waals surface area contributed by atoms with Crippen LogP contribution in [0.15, 0.2) is 22.8 Å². The van der Waals surface area contributed by atoms with Gasteiger partial charge >= 0.3 is 6.18 Å². The SMILES string of the molecule is CC(C)=C1CC=C(CC(F)(F)F)CC1. The van der Waals surface area contributed by atoms with Crippen molar-refractivity contribution in [3.63, 3.8) is 0 Å². The first-order valence-corrected chi connectivity index (χ1v) is 4.78. The topological polar surface area (TPSA) is 0 Å². The molecule has 0 spiro atoms. The van der Waals surface area contributed by atoms with Crippen molar-refractivity contribution in [3.8, 4) is 0 Å². The molecule has 0 aromatic carbocycles. The van der Waals surface area contributed by atoms with Gasteiger partial charge in [-0.15, -0.1) is 0 Å². The third-order valence-electron chi connectivity index (χ3n) is 2.52. The van der Waals surface area contributed by atoms with E-state index in [9.17, 15) is 13.2 Å². The van der Waals surface area contributed by atoms with Gasteiger partial charge < -0.3 is 0 Å². The fraction of sp³-hybridized carbons (Fsp3) is 0.636. The molecule has 1 aliphatic carbocycles. The van der Waals surface area contributed by atoms with Crippen LogP contribution in [0.25, 0.3) is 0 Å². The van der Waals surface area contributed by atoms with Crippen molar-refractivity contribution in [3.05, 3.63) is 22.8 Å². The summed E-state index contributed by atoms with van der Waals surface area (Å²) >= 11 is 0. The minimum atomic E-state index is -4.05. The summed E-state index contributed by atoms with van der Waals surface area (Å²) in [5, 5.41) is 0. The van der Waals surface area contributed by atoms with Gasteiger partial charge in [-0.1, -0.05) is 22.8 Å². The molecule has 0 atom stereocenters. The van der Waals surface area contributed by atoms with Gasteiger partial charge in [-0.05, 0) is 33.1 Å². The van der Waals surface area contributed by atoms with E-state index >= 15 is 0 Å². The Morgan fingerprint density at radius 3 is 2.29 bits per heavy atom. The zero-order chi connectivity index (χ0) is 10.8. The van der Waals surface area contributed by atoms with E-state index < -0.39 is 12.6 Å². The highest BCUT2D eigenvalue weighted by Gasteiger charge is 2.29. The minimum absolute atomic E-state index is 0.544. The minimum Gasteiger partial charge on any atom is -0.171 e. The van der Waals surface area contributed by atoms with Gasteiger partial charge in [0.2, 0.25) is 0 Å². The smallest absolute Gasteiger partial charge is 0.171 e. The van der Waals surface area contributed by atoms with Crippen molar-refractivity contribution in [2.24, 2.45) is 0 Å². The number of hydrogen-bond donors (Lipinski definition) is 0. The number of allylic oxidation sites excluding steroid dienone is 4. The van der Waals surface area contributed by atoms with Crippen molar-refractivity contribution in [1.82, 2.24) is 0 Å². The van der Waals surface area contributed by atoms with Gasteiger partial charge in [-0.3, -0.25) is 0 Å². The molecule has 14 heavy (non-hydrogen) atoms. The quantitative estimate of drug-likeness (QED) is 0.556. The third-order valence-corrected chi connectivity index (χ3v) is 2.52. The van der Waals surface area contributed by atoms with E-state index in [0.717, 1.165) is 6.42 Å². The third kappa shape index (κ3) is 3.56. The van der Waals surface area contributed by atoms with E-state index in [1.807, 2.05) is 13.8 Å². The molecule has 0 radical (unpaired) electrons. The normalized spacial score (nSPS) is 18.1. The summed E-state index contributed by atoms with van der Waals surface area (Å²) in [5.41, 5.74) is 3.07. The van der Waals surface area contributed by atoms with Crippen LogP contribution in [0.2, 0.25) is 0 Å². The first-order chi connectivity index (χ1) is 6.38. The maximum Gasteiger partial charge on any atom is 0.392 e. The van der Waals surface area contributed by atoms with E-state index in [0.29, 0.717) is 18.4 Å². The van der Waals surface area contributed by atoms with Crippen LogP contribution in [0.4, 0.5) is 13.2 Å². The molecule has 0 saturated carbocycles. The van der Waals surface area contributed by atoms with E-state index in [4.69, 9.17) is 0 Å². The second-order valence-electron chi connectivity index (χ2n) is 3.96. The fourth-order valence-corrected chi connectivity index (χ4v) is 1.66. The molecule has 0 N–H and O–H groups in total. The Bertz CT molecular complexity index is 265. The molecule has 0 nitrogen and oxygen atoms in total. The van der Waals surface area contributed by atoms with Crippen molar-refractivity contribution < 1.29 is 13.2 Å². The highest BCUT2D eigenvalue weighted by molar-refractivity contribution is 5.22. The van der Waals surface area contributed by atoms with Gasteiger partial charge in [0.05, 0.1) is 6.42 Å². The lowest BCUT2D eigenvalue weighted by Gasteiger charge is -2.18. The highest BCUT2D eigenvalue weighted by atomic mass is 19.4. The first kappa shape index (κ1) is 11.3. The summed E-state index contributed by atoms with van der Waals surface area (Å²) in [6, 6.07) is 0. The number of alkyl halides is 3. The van der Waals surface area contributed by atoms with Crippen molar-refractivity contribution in [1.29, 1.82) is 0 Å². The van der Waals surface area contributed by atoms with Gasteiger partial charge in [-0.2, -0.15) is 13.2 Å². The van der Waals surface area contributed by atoms with Crippen molar-refractivity contribution >= 4 is 0 Å². The maximum absolute atomic E-state index is 12.0. The van der Waals surface area contributed by atoms with Crippen LogP contribution in [-0.2, 0) is 0 Å². The van der Waals surface area contributed by atoms with E-state index in [1.165, 1.54) is 11.1 Å². The molecule has 0 saturated heterocycles. The van der Waals surface area contributed by atoms with Crippen LogP contribution in [0.5, 0.6) is 0 Å². The molecule has 0 bridgehead atoms. The molecule has 1 rings (SSSR count). The molecule has 0 aliphatic heterocycles. The molecular weight excluding hydrogens is 189 g/mol. The first-order valence-electron chi connectivity index (χ1n) is 4.78. The monoisotopic (exact) mass is 204 g/mol. The zero-order valence-corrected chi connectivity index (χ0v) is 8.54. The summed E-state index contributed by atoms with van der Waals surface area (Å²) in [6.07, 6.45) is -0.977. The Labute approximate surface area is 82.5 Å². The molecule has 1 aliphatic rings. The molecule has 0 aromatic heterocycles. The summed E-state index contributed by atoms with van der Waals surface area (Å²) in [7, 11) is 0. The van der Waals surface area contributed by atoms with E-state index in [1.54, 1.807) is 6.08 Å². The van der Waals surface area contributed by atoms with Crippen LogP contribution in [0.1, 0.15) is 39.5 Å². The average molecular weight is 204 g/mol. The van der Waals surface area contributed by atoms with Gasteiger partial charge in [0.1, 0.15) is 0 Å². The second kappa shape index (κ2) is 4.20. The molecule has 0 amide bonds. The lowest BCUT2D eigenvalue weighted by molar-refractivity contribution is -0.127. The Hall–Kier alpha value is -0.730. The Morgan fingerprint density at radius 2 is 1.93 bits per heavy atom. The van der Waals surface area contributed by atoms with Gasteiger partial charge in [-0.25, -0.2) is 0 Å². The van der Waals surface area contributed by atoms with Crippen LogP contribution in [-0.4, -0.2) is 6.18 Å². The lowest BCUT2D eigenvalue weighted by Crippen LogP contribution is -2.10. The number of rotatable bonds is 1. The molecule has 80 valence electrons. The lowest BCUT2D eigenvalue weighted by atomic mass is 9.90. The van der Waals surface area contributed by atoms with Crippen molar-refractivity contribution in [2.75, 3.05) is 0 Å². The molecule has 0 heterocycles. The Balaban J connectivity index is 2.58. The molecule has 0 fully saturated rings. The average Bonchev–Trinajstić information content (AvgIpc) is 2.02. The van der Waals surface area contributed by atoms with Crippen molar-refractivity contribution in [2.45, 2.75) is 45.7 Å². The Kier molecular flexibility index (Phi) is 3.40. The van der Waals surface area contributed by atoms with Crippen LogP contribution >= 0.6 is 0 Å². The van der Waals surface area contributed by atoms with Gasteiger partial charge in [0.25, 0.3) is 0 Å².